The Kier molecular flexibility index (Phi) is 32.6. The van der Waals surface area contributed by atoms with Gasteiger partial charge in [-0.3, -0.25) is 19.2 Å². The standard InChI is InChI=1S/C78H118N4O10/c1-5-9-13-17-21-25-29-33-37-47-65(83)89-55-77(56-90-66(84)48-38-34-30-26-22-18-14-10-6-2)79-63-45-41-43-59-51-53-61(73(81-77)69(59)63)71-75(87)72(76(71)88)62-54-52-60-44-42-46-64-70(60)74(62)82-78(80-64,57-91-67(85)49-39-35-31-27-23-19-15-11-7-3)58-92-68(86)50-40-36-32-28-24-20-16-12-8-4/h41-46,51-54,71-72,75-76,79-82H,5-40,47-50,55-58H2,1-4H3/q-2. The maximum Gasteiger partial charge on any atom is 0.305 e. The molecule has 0 unspecified atom stereocenters. The third-order valence-corrected chi connectivity index (χ3v) is 19.6. The minimum absolute atomic E-state index is 0.180. The number of ether oxygens (including phenoxy) is 4. The third kappa shape index (κ3) is 22.8. The molecule has 512 valence electrons. The summed E-state index contributed by atoms with van der Waals surface area (Å²) in [5.74, 6) is -3.36. The molecule has 3 aliphatic rings. The van der Waals surface area contributed by atoms with Crippen LogP contribution in [0.25, 0.3) is 21.5 Å². The van der Waals surface area contributed by atoms with Crippen molar-refractivity contribution < 1.29 is 48.3 Å². The van der Waals surface area contributed by atoms with Crippen LogP contribution in [0, 0.1) is 0 Å². The zero-order valence-corrected chi connectivity index (χ0v) is 57.3. The Balaban J connectivity index is 1.09. The van der Waals surface area contributed by atoms with Gasteiger partial charge < -0.3 is 50.4 Å². The van der Waals surface area contributed by atoms with E-state index in [0.717, 1.165) is 98.6 Å². The van der Waals surface area contributed by atoms with E-state index in [1.165, 1.54) is 128 Å². The Hall–Kier alpha value is -5.60. The van der Waals surface area contributed by atoms with Crippen molar-refractivity contribution in [2.45, 2.75) is 320 Å². The molecule has 0 radical (unpaired) electrons. The lowest BCUT2D eigenvalue weighted by Crippen LogP contribution is -2.64. The van der Waals surface area contributed by atoms with E-state index in [9.17, 15) is 19.2 Å². The predicted molar refractivity (Wildman–Crippen MR) is 372 cm³/mol. The SMILES string of the molecule is CCCCCCCCCCCC(=O)OCC1(COC(=O)CCCCCCCCCCC)Nc2cccc3ccc(C4C([O-])C(c5ccc6cccc7c6c5NC(COC(=O)CCCCCCCCCCC)(COC(=O)CCCCCCCCCCC)N7)C4[O-])c(c23)N1. The molecule has 1 saturated carbocycles. The lowest BCUT2D eigenvalue weighted by Gasteiger charge is -2.62. The van der Waals surface area contributed by atoms with Gasteiger partial charge >= 0.3 is 23.9 Å². The second-order valence-corrected chi connectivity index (χ2v) is 27.5. The number of benzene rings is 4. The number of unbranched alkanes of at least 4 members (excludes halogenated alkanes) is 32. The normalized spacial score (nSPS) is 17.5. The summed E-state index contributed by atoms with van der Waals surface area (Å²) in [6.07, 6.45) is 38.6. The summed E-state index contributed by atoms with van der Waals surface area (Å²) in [7, 11) is 0. The van der Waals surface area contributed by atoms with Gasteiger partial charge in [0.05, 0.1) is 0 Å². The summed E-state index contributed by atoms with van der Waals surface area (Å²) < 4.78 is 24.4. The number of hydrogen-bond acceptors (Lipinski definition) is 14. The molecule has 0 spiro atoms. The van der Waals surface area contributed by atoms with Crippen LogP contribution in [-0.2, 0) is 38.1 Å². The number of rotatable bonds is 50. The molecule has 4 N–H and O–H groups in total. The highest BCUT2D eigenvalue weighted by Gasteiger charge is 2.46. The third-order valence-electron chi connectivity index (χ3n) is 19.6. The van der Waals surface area contributed by atoms with E-state index in [1.54, 1.807) is 0 Å². The summed E-state index contributed by atoms with van der Waals surface area (Å²) >= 11 is 0. The highest BCUT2D eigenvalue weighted by Crippen LogP contribution is 2.54. The maximum atomic E-state index is 15.4. The van der Waals surface area contributed by atoms with Gasteiger partial charge in [-0.15, -0.1) is 12.2 Å². The summed E-state index contributed by atoms with van der Waals surface area (Å²) in [6.45, 7) is 8.18. The number of hydrogen-bond donors (Lipinski definition) is 4. The van der Waals surface area contributed by atoms with Crippen LogP contribution in [0.4, 0.5) is 22.7 Å². The molecule has 4 aromatic rings. The van der Waals surface area contributed by atoms with Gasteiger partial charge in [-0.25, -0.2) is 0 Å². The molecule has 2 heterocycles. The van der Waals surface area contributed by atoms with Gasteiger partial charge in [-0.05, 0) is 71.6 Å². The van der Waals surface area contributed by atoms with Crippen LogP contribution in [0.1, 0.15) is 307 Å². The van der Waals surface area contributed by atoms with Crippen LogP contribution in [0.5, 0.6) is 0 Å². The van der Waals surface area contributed by atoms with Crippen molar-refractivity contribution in [2.24, 2.45) is 0 Å². The molecule has 14 heteroatoms. The summed E-state index contributed by atoms with van der Waals surface area (Å²) in [4.78, 5) is 54.4. The molecule has 14 nitrogen and oxygen atoms in total. The molecule has 1 aliphatic carbocycles. The Morgan fingerprint density at radius 1 is 0.337 bits per heavy atom. The minimum atomic E-state index is -1.40. The van der Waals surface area contributed by atoms with Gasteiger partial charge in [0.15, 0.2) is 11.3 Å². The molecule has 4 aromatic carbocycles. The quantitative estimate of drug-likeness (QED) is 0.0185. The fourth-order valence-electron chi connectivity index (χ4n) is 14.1. The Labute approximate surface area is 553 Å². The van der Waals surface area contributed by atoms with Gasteiger partial charge in [0.2, 0.25) is 0 Å². The van der Waals surface area contributed by atoms with E-state index in [2.05, 4.69) is 49.0 Å². The van der Waals surface area contributed by atoms with Gasteiger partial charge in [0.25, 0.3) is 0 Å². The zero-order valence-electron chi connectivity index (χ0n) is 57.3. The first-order valence-corrected chi connectivity index (χ1v) is 37.1. The van der Waals surface area contributed by atoms with Gasteiger partial charge in [0, 0.05) is 59.2 Å². The fourth-order valence-corrected chi connectivity index (χ4v) is 14.1. The topological polar surface area (TPSA) is 199 Å². The number of anilines is 4. The van der Waals surface area contributed by atoms with Crippen molar-refractivity contribution in [1.29, 1.82) is 0 Å². The van der Waals surface area contributed by atoms with E-state index in [0.29, 0.717) is 59.6 Å². The first kappa shape index (κ1) is 73.8. The Morgan fingerprint density at radius 3 is 0.848 bits per heavy atom. The molecular formula is C78H118N4O10-2. The van der Waals surface area contributed by atoms with Crippen LogP contribution >= 0.6 is 0 Å². The van der Waals surface area contributed by atoms with Crippen LogP contribution in [0.2, 0.25) is 0 Å². The smallest absolute Gasteiger partial charge is 0.305 e. The number of carbonyl (C=O) groups excluding carboxylic acids is 4. The molecule has 7 rings (SSSR count). The van der Waals surface area contributed by atoms with Crippen molar-refractivity contribution in [3.63, 3.8) is 0 Å². The molecule has 0 bridgehead atoms. The van der Waals surface area contributed by atoms with Crippen molar-refractivity contribution in [3.8, 4) is 0 Å². The Bertz CT molecular complexity index is 2570. The highest BCUT2D eigenvalue weighted by molar-refractivity contribution is 6.08. The molecule has 2 aliphatic heterocycles. The van der Waals surface area contributed by atoms with Crippen LogP contribution in [0.3, 0.4) is 0 Å². The van der Waals surface area contributed by atoms with Crippen LogP contribution in [-0.4, -0.2) is 73.8 Å². The van der Waals surface area contributed by atoms with Gasteiger partial charge in [0.1, 0.15) is 26.4 Å². The van der Waals surface area contributed by atoms with Crippen molar-refractivity contribution in [2.75, 3.05) is 47.7 Å². The number of carbonyl (C=O) groups is 4. The van der Waals surface area contributed by atoms with E-state index in [1.807, 2.05) is 60.7 Å². The molecule has 0 aromatic heterocycles. The average molecular weight is 1270 g/mol. The maximum absolute atomic E-state index is 15.4. The first-order chi connectivity index (χ1) is 45.0. The van der Waals surface area contributed by atoms with Gasteiger partial charge in [-0.2, -0.15) is 0 Å². The number of esters is 4. The second-order valence-electron chi connectivity index (χ2n) is 27.5. The van der Waals surface area contributed by atoms with Crippen LogP contribution < -0.4 is 31.5 Å². The Morgan fingerprint density at radius 2 is 0.587 bits per heavy atom. The predicted octanol–water partition coefficient (Wildman–Crippen LogP) is 18.3. The summed E-state index contributed by atoms with van der Waals surface area (Å²) in [5, 5.41) is 48.6. The minimum Gasteiger partial charge on any atom is -0.851 e. The van der Waals surface area contributed by atoms with Crippen molar-refractivity contribution >= 4 is 68.2 Å². The molecule has 92 heavy (non-hydrogen) atoms. The summed E-state index contributed by atoms with van der Waals surface area (Å²) in [5.41, 5.74) is 0.987. The van der Waals surface area contributed by atoms with E-state index < -0.39 is 35.4 Å². The largest absolute Gasteiger partial charge is 0.851 e. The second kappa shape index (κ2) is 40.6. The van der Waals surface area contributed by atoms with E-state index >= 15 is 10.2 Å². The van der Waals surface area contributed by atoms with E-state index in [4.69, 9.17) is 18.9 Å². The first-order valence-electron chi connectivity index (χ1n) is 37.1. The van der Waals surface area contributed by atoms with Gasteiger partial charge in [-0.1, -0.05) is 282 Å². The lowest BCUT2D eigenvalue weighted by atomic mass is 9.62. The lowest BCUT2D eigenvalue weighted by molar-refractivity contribution is -0.535. The molecule has 0 saturated heterocycles. The van der Waals surface area contributed by atoms with Crippen molar-refractivity contribution in [1.82, 2.24) is 0 Å². The van der Waals surface area contributed by atoms with Crippen LogP contribution in [0.15, 0.2) is 60.7 Å². The average Bonchev–Trinajstić information content (AvgIpc) is 0.718. The van der Waals surface area contributed by atoms with Crippen molar-refractivity contribution in [3.05, 3.63) is 71.8 Å². The molecule has 0 amide bonds. The number of nitrogens with one attached hydrogen (secondary N) is 4. The fraction of sp³-hybridized carbons (Fsp3) is 0.692. The monoisotopic (exact) mass is 1270 g/mol. The zero-order chi connectivity index (χ0) is 65.2. The highest BCUT2D eigenvalue weighted by atomic mass is 16.6. The molecule has 1 fully saturated rings. The molecule has 0 atom stereocenters. The molecular weight excluding hydrogens is 1150 g/mol. The summed E-state index contributed by atoms with van der Waals surface area (Å²) in [6, 6.07) is 19.3. The van der Waals surface area contributed by atoms with E-state index in [-0.39, 0.29) is 76.0 Å².